The van der Waals surface area contributed by atoms with Crippen LogP contribution in [0.4, 0.5) is 0 Å². The first-order valence-electron chi connectivity index (χ1n) is 5.34. The van der Waals surface area contributed by atoms with E-state index in [-0.39, 0.29) is 35.5 Å². The van der Waals surface area contributed by atoms with Gasteiger partial charge in [-0.25, -0.2) is 4.79 Å². The fraction of sp³-hybridized carbons (Fsp3) is 0.545. The Balaban J connectivity index is 1.91. The van der Waals surface area contributed by atoms with Crippen molar-refractivity contribution in [2.45, 2.75) is 13.3 Å². The van der Waals surface area contributed by atoms with Crippen LogP contribution < -0.4 is 0 Å². The summed E-state index contributed by atoms with van der Waals surface area (Å²) in [6, 6.07) is 0. The molecule has 0 aromatic carbocycles. The number of nitrogens with zero attached hydrogens (tertiary/aromatic N) is 1. The van der Waals surface area contributed by atoms with Gasteiger partial charge in [0, 0.05) is 6.92 Å². The van der Waals surface area contributed by atoms with Gasteiger partial charge < -0.3 is 4.84 Å². The van der Waals surface area contributed by atoms with Crippen molar-refractivity contribution in [2.75, 3.05) is 0 Å². The molecule has 1 aliphatic heterocycles. The molecule has 5 heteroatoms. The third-order valence-electron chi connectivity index (χ3n) is 3.65. The van der Waals surface area contributed by atoms with Crippen LogP contribution in [0.15, 0.2) is 12.2 Å². The summed E-state index contributed by atoms with van der Waals surface area (Å²) in [6.45, 7) is 1.18. The lowest BCUT2D eigenvalue weighted by Gasteiger charge is -2.14. The van der Waals surface area contributed by atoms with Crippen molar-refractivity contribution in [3.63, 3.8) is 0 Å². The van der Waals surface area contributed by atoms with Crippen LogP contribution in [0.1, 0.15) is 13.3 Å². The van der Waals surface area contributed by atoms with Gasteiger partial charge in [0.25, 0.3) is 11.8 Å². The lowest BCUT2D eigenvalue weighted by Crippen LogP contribution is -2.34. The summed E-state index contributed by atoms with van der Waals surface area (Å²) in [5.41, 5.74) is 0. The van der Waals surface area contributed by atoms with Crippen molar-refractivity contribution in [2.24, 2.45) is 23.7 Å². The molecule has 5 nitrogen and oxygen atoms in total. The minimum absolute atomic E-state index is 0.145. The predicted molar refractivity (Wildman–Crippen MR) is 51.3 cm³/mol. The molecule has 0 aromatic rings. The number of hydrogen-bond donors (Lipinski definition) is 0. The van der Waals surface area contributed by atoms with Gasteiger partial charge in [-0.2, -0.15) is 0 Å². The summed E-state index contributed by atoms with van der Waals surface area (Å²) in [7, 11) is 0. The molecule has 0 spiro atoms. The second-order valence-corrected chi connectivity index (χ2v) is 4.55. The second kappa shape index (κ2) is 2.93. The highest BCUT2D eigenvalue weighted by Crippen LogP contribution is 2.52. The van der Waals surface area contributed by atoms with E-state index in [2.05, 4.69) is 4.84 Å². The first-order chi connectivity index (χ1) is 7.59. The maximum atomic E-state index is 11.9. The van der Waals surface area contributed by atoms with Gasteiger partial charge >= 0.3 is 5.97 Å². The van der Waals surface area contributed by atoms with Gasteiger partial charge in [-0.1, -0.05) is 12.2 Å². The smallest absolute Gasteiger partial charge is 0.330 e. The molecule has 1 heterocycles. The number of imide groups is 1. The Morgan fingerprint density at radius 3 is 2.19 bits per heavy atom. The van der Waals surface area contributed by atoms with Gasteiger partial charge in [0.05, 0.1) is 11.8 Å². The van der Waals surface area contributed by atoms with Gasteiger partial charge in [-0.05, 0) is 18.3 Å². The molecular formula is C11H11NO4. The van der Waals surface area contributed by atoms with Gasteiger partial charge in [0.15, 0.2) is 0 Å². The zero-order chi connectivity index (χ0) is 11.4. The first kappa shape index (κ1) is 9.57. The number of carbonyl (C=O) groups excluding carboxylic acids is 3. The SMILES string of the molecule is CC(=O)ON1C(=O)C2C3C=CC(C3)C2C1=O. The Morgan fingerprint density at radius 1 is 1.25 bits per heavy atom. The Bertz CT molecular complexity index is 398. The van der Waals surface area contributed by atoms with E-state index in [9.17, 15) is 14.4 Å². The van der Waals surface area contributed by atoms with E-state index in [1.807, 2.05) is 12.2 Å². The zero-order valence-electron chi connectivity index (χ0n) is 8.75. The first-order valence-corrected chi connectivity index (χ1v) is 5.34. The van der Waals surface area contributed by atoms with Crippen LogP contribution in [0.5, 0.6) is 0 Å². The molecule has 2 fully saturated rings. The van der Waals surface area contributed by atoms with Gasteiger partial charge in [0.2, 0.25) is 0 Å². The van der Waals surface area contributed by atoms with E-state index in [1.165, 1.54) is 6.92 Å². The third kappa shape index (κ3) is 1.03. The number of hydrogen-bond acceptors (Lipinski definition) is 4. The summed E-state index contributed by atoms with van der Waals surface area (Å²) in [5.74, 6) is -1.67. The molecule has 1 saturated heterocycles. The fourth-order valence-electron chi connectivity index (χ4n) is 3.09. The maximum absolute atomic E-state index is 11.9. The van der Waals surface area contributed by atoms with Gasteiger partial charge in [-0.3, -0.25) is 9.59 Å². The number of hydroxylamine groups is 2. The number of amides is 2. The Morgan fingerprint density at radius 2 is 1.75 bits per heavy atom. The molecule has 2 bridgehead atoms. The van der Waals surface area contributed by atoms with E-state index in [1.54, 1.807) is 0 Å². The van der Waals surface area contributed by atoms with E-state index < -0.39 is 5.97 Å². The van der Waals surface area contributed by atoms with Crippen LogP contribution in [0.2, 0.25) is 0 Å². The van der Waals surface area contributed by atoms with Crippen LogP contribution in [-0.2, 0) is 19.2 Å². The molecular weight excluding hydrogens is 210 g/mol. The van der Waals surface area contributed by atoms with Crippen LogP contribution >= 0.6 is 0 Å². The number of fused-ring (bicyclic) bond motifs is 5. The summed E-state index contributed by atoms with van der Waals surface area (Å²) in [6.07, 6.45) is 4.86. The quantitative estimate of drug-likeness (QED) is 0.471. The molecule has 1 saturated carbocycles. The minimum atomic E-state index is -0.637. The molecule has 0 aromatic heterocycles. The summed E-state index contributed by atoms with van der Waals surface area (Å²) in [5, 5.41) is 0.657. The van der Waals surface area contributed by atoms with Crippen LogP contribution in [0.3, 0.4) is 0 Å². The molecule has 3 aliphatic rings. The normalized spacial score (nSPS) is 39.4. The molecule has 2 aliphatic carbocycles. The van der Waals surface area contributed by atoms with E-state index in [0.29, 0.717) is 5.06 Å². The van der Waals surface area contributed by atoms with Crippen molar-refractivity contribution >= 4 is 17.8 Å². The lowest BCUT2D eigenvalue weighted by atomic mass is 9.85. The van der Waals surface area contributed by atoms with E-state index in [0.717, 1.165) is 6.42 Å². The largest absolute Gasteiger partial charge is 0.331 e. The highest BCUT2D eigenvalue weighted by atomic mass is 16.7. The summed E-state index contributed by atoms with van der Waals surface area (Å²) in [4.78, 5) is 39.3. The van der Waals surface area contributed by atoms with Crippen molar-refractivity contribution in [1.29, 1.82) is 0 Å². The average molecular weight is 221 g/mol. The van der Waals surface area contributed by atoms with Crippen molar-refractivity contribution in [3.8, 4) is 0 Å². The molecule has 2 amide bonds. The monoisotopic (exact) mass is 221 g/mol. The van der Waals surface area contributed by atoms with Crippen molar-refractivity contribution in [3.05, 3.63) is 12.2 Å². The molecule has 0 N–H and O–H groups in total. The number of rotatable bonds is 1. The Labute approximate surface area is 92.0 Å². The molecule has 16 heavy (non-hydrogen) atoms. The van der Waals surface area contributed by atoms with Gasteiger partial charge in [-0.15, -0.1) is 5.06 Å². The predicted octanol–water partition coefficient (Wildman–Crippen LogP) is 0.272. The van der Waals surface area contributed by atoms with E-state index >= 15 is 0 Å². The highest BCUT2D eigenvalue weighted by molar-refractivity contribution is 6.06. The molecule has 84 valence electrons. The minimum Gasteiger partial charge on any atom is -0.331 e. The average Bonchev–Trinajstić information content (AvgIpc) is 2.87. The van der Waals surface area contributed by atoms with Gasteiger partial charge in [0.1, 0.15) is 0 Å². The molecule has 3 rings (SSSR count). The highest BCUT2D eigenvalue weighted by Gasteiger charge is 2.60. The molecule has 4 unspecified atom stereocenters. The standard InChI is InChI=1S/C11H11NO4/c1-5(13)16-12-10(14)8-6-2-3-7(4-6)9(8)11(12)15/h2-3,6-9H,4H2,1H3. The topological polar surface area (TPSA) is 63.7 Å². The fourth-order valence-corrected chi connectivity index (χ4v) is 3.09. The number of carbonyl (C=O) groups is 3. The summed E-state index contributed by atoms with van der Waals surface area (Å²) >= 11 is 0. The second-order valence-electron chi connectivity index (χ2n) is 4.55. The third-order valence-corrected chi connectivity index (χ3v) is 3.65. The van der Waals surface area contributed by atoms with E-state index in [4.69, 9.17) is 0 Å². The maximum Gasteiger partial charge on any atom is 0.330 e. The van der Waals surface area contributed by atoms with Crippen LogP contribution in [-0.4, -0.2) is 22.8 Å². The lowest BCUT2D eigenvalue weighted by molar-refractivity contribution is -0.197. The number of allylic oxidation sites excluding steroid dienone is 2. The van der Waals surface area contributed by atoms with Crippen molar-refractivity contribution < 1.29 is 19.2 Å². The Kier molecular flexibility index (Phi) is 1.75. The molecule has 4 atom stereocenters. The Hall–Kier alpha value is -1.65. The zero-order valence-corrected chi connectivity index (χ0v) is 8.75. The summed E-state index contributed by atoms with van der Waals surface area (Å²) < 4.78 is 0. The van der Waals surface area contributed by atoms with Crippen LogP contribution in [0.25, 0.3) is 0 Å². The van der Waals surface area contributed by atoms with Crippen LogP contribution in [0, 0.1) is 23.7 Å². The van der Waals surface area contributed by atoms with Crippen molar-refractivity contribution in [1.82, 2.24) is 5.06 Å². The molecule has 0 radical (unpaired) electrons.